The lowest BCUT2D eigenvalue weighted by atomic mass is 9.91. The molecule has 0 aliphatic heterocycles. The van der Waals surface area contributed by atoms with Crippen molar-refractivity contribution >= 4 is 5.97 Å². The van der Waals surface area contributed by atoms with E-state index in [1.54, 1.807) is 0 Å². The molecule has 2 unspecified atom stereocenters. The predicted molar refractivity (Wildman–Crippen MR) is 64.2 cm³/mol. The first-order chi connectivity index (χ1) is 9.28. The lowest BCUT2D eigenvalue weighted by Gasteiger charge is -2.26. The van der Waals surface area contributed by atoms with Crippen LogP contribution in [-0.4, -0.2) is 30.5 Å². The zero-order valence-corrected chi connectivity index (χ0v) is 11.0. The second-order valence-corrected chi connectivity index (χ2v) is 4.17. The Morgan fingerprint density at radius 2 is 2.05 bits per heavy atom. The van der Waals surface area contributed by atoms with E-state index in [1.165, 1.54) is 25.1 Å². The number of benzene rings is 1. The molecule has 0 saturated carbocycles. The molecule has 0 fully saturated rings. The summed E-state index contributed by atoms with van der Waals surface area (Å²) in [6.07, 6.45) is -2.34. The minimum Gasteiger partial charge on any atom is -0.464 e. The molecule has 0 spiro atoms. The van der Waals surface area contributed by atoms with Gasteiger partial charge in [0, 0.05) is 0 Å². The first-order valence-electron chi connectivity index (χ1n) is 5.87. The van der Waals surface area contributed by atoms with E-state index in [-0.39, 0.29) is 17.9 Å². The van der Waals surface area contributed by atoms with Crippen LogP contribution in [0.3, 0.4) is 0 Å². The highest BCUT2D eigenvalue weighted by Crippen LogP contribution is 2.30. The summed E-state index contributed by atoms with van der Waals surface area (Å²) in [5, 5.41) is 10.1. The van der Waals surface area contributed by atoms with Crippen LogP contribution in [0.15, 0.2) is 24.3 Å². The van der Waals surface area contributed by atoms with E-state index in [0.717, 1.165) is 13.0 Å². The summed E-state index contributed by atoms with van der Waals surface area (Å²) in [6.45, 7) is -0.530. The quantitative estimate of drug-likeness (QED) is 0.818. The van der Waals surface area contributed by atoms with Gasteiger partial charge in [0.05, 0.1) is 6.61 Å². The van der Waals surface area contributed by atoms with Crippen LogP contribution in [0.1, 0.15) is 19.4 Å². The topological polar surface area (TPSA) is 55.8 Å². The zero-order chi connectivity index (χ0) is 15.3. The van der Waals surface area contributed by atoms with Crippen molar-refractivity contribution in [2.75, 3.05) is 6.61 Å². The Morgan fingerprint density at radius 3 is 2.60 bits per heavy atom. The smallest absolute Gasteiger partial charge is 0.387 e. The molecule has 1 rings (SSSR count). The summed E-state index contributed by atoms with van der Waals surface area (Å²) < 4.78 is 46.8. The second kappa shape index (κ2) is 6.60. The van der Waals surface area contributed by atoms with E-state index in [1.807, 2.05) is 0 Å². The molecule has 2 atom stereocenters. The SMILES string of the molecule is CCOC(=O)C(F)C(C)(O)c1cccc(OC(F)F)c1. The molecule has 1 N–H and O–H groups in total. The number of alkyl halides is 3. The molecule has 1 aromatic rings. The summed E-state index contributed by atoms with van der Waals surface area (Å²) >= 11 is 0. The van der Waals surface area contributed by atoms with Gasteiger partial charge in [-0.15, -0.1) is 0 Å². The number of hydrogen-bond donors (Lipinski definition) is 1. The van der Waals surface area contributed by atoms with Crippen LogP contribution >= 0.6 is 0 Å². The molecule has 112 valence electrons. The van der Waals surface area contributed by atoms with E-state index < -0.39 is 24.4 Å². The monoisotopic (exact) mass is 292 g/mol. The third kappa shape index (κ3) is 3.86. The Labute approximate surface area is 114 Å². The van der Waals surface area contributed by atoms with Gasteiger partial charge >= 0.3 is 12.6 Å². The number of carbonyl (C=O) groups is 1. The highest BCUT2D eigenvalue weighted by atomic mass is 19.3. The summed E-state index contributed by atoms with van der Waals surface area (Å²) in [5.41, 5.74) is -2.29. The van der Waals surface area contributed by atoms with Gasteiger partial charge in [0.1, 0.15) is 11.4 Å². The first kappa shape index (κ1) is 16.3. The molecule has 4 nitrogen and oxygen atoms in total. The maximum Gasteiger partial charge on any atom is 0.387 e. The fourth-order valence-corrected chi connectivity index (χ4v) is 1.58. The van der Waals surface area contributed by atoms with Crippen molar-refractivity contribution in [1.29, 1.82) is 0 Å². The molecule has 7 heteroatoms. The van der Waals surface area contributed by atoms with Crippen molar-refractivity contribution in [3.63, 3.8) is 0 Å². The van der Waals surface area contributed by atoms with Crippen LogP contribution in [0.5, 0.6) is 5.75 Å². The Morgan fingerprint density at radius 1 is 1.40 bits per heavy atom. The van der Waals surface area contributed by atoms with E-state index in [2.05, 4.69) is 9.47 Å². The van der Waals surface area contributed by atoms with E-state index >= 15 is 0 Å². The predicted octanol–water partition coefficient (Wildman–Crippen LogP) is 2.40. The van der Waals surface area contributed by atoms with Gasteiger partial charge in [-0.2, -0.15) is 8.78 Å². The third-order valence-electron chi connectivity index (χ3n) is 2.63. The maximum absolute atomic E-state index is 13.9. The summed E-state index contributed by atoms with van der Waals surface area (Å²) in [5.74, 6) is -1.47. The van der Waals surface area contributed by atoms with Crippen molar-refractivity contribution in [3.8, 4) is 5.75 Å². The molecule has 0 saturated heterocycles. The molecule has 0 aliphatic carbocycles. The standard InChI is InChI=1S/C13H15F3O4/c1-3-19-11(17)10(14)13(2,18)8-5-4-6-9(7-8)20-12(15)16/h4-7,10,12,18H,3H2,1-2H3. The van der Waals surface area contributed by atoms with Crippen molar-refractivity contribution in [2.45, 2.75) is 32.2 Å². The molecule has 0 amide bonds. The van der Waals surface area contributed by atoms with Crippen molar-refractivity contribution < 1.29 is 32.5 Å². The molecule has 1 aromatic carbocycles. The fourth-order valence-electron chi connectivity index (χ4n) is 1.58. The highest BCUT2D eigenvalue weighted by molar-refractivity contribution is 5.76. The van der Waals surface area contributed by atoms with Gasteiger partial charge in [-0.05, 0) is 31.5 Å². The Balaban J connectivity index is 2.99. The first-order valence-corrected chi connectivity index (χ1v) is 5.87. The van der Waals surface area contributed by atoms with Gasteiger partial charge < -0.3 is 14.6 Å². The molecule has 0 heterocycles. The molecule has 20 heavy (non-hydrogen) atoms. The van der Waals surface area contributed by atoms with Crippen molar-refractivity contribution in [1.82, 2.24) is 0 Å². The molecular weight excluding hydrogens is 277 g/mol. The maximum atomic E-state index is 13.9. The lowest BCUT2D eigenvalue weighted by Crippen LogP contribution is -2.40. The number of aliphatic hydroxyl groups is 1. The highest BCUT2D eigenvalue weighted by Gasteiger charge is 2.40. The van der Waals surface area contributed by atoms with E-state index in [9.17, 15) is 23.1 Å². The molecular formula is C13H15F3O4. The number of rotatable bonds is 6. The van der Waals surface area contributed by atoms with E-state index in [0.29, 0.717) is 0 Å². The van der Waals surface area contributed by atoms with Crippen LogP contribution in [0.2, 0.25) is 0 Å². The van der Waals surface area contributed by atoms with Crippen LogP contribution in [0, 0.1) is 0 Å². The average Bonchev–Trinajstić information content (AvgIpc) is 2.37. The van der Waals surface area contributed by atoms with Gasteiger partial charge in [0.15, 0.2) is 0 Å². The normalized spacial score (nSPS) is 15.6. The van der Waals surface area contributed by atoms with Gasteiger partial charge in [0.2, 0.25) is 6.17 Å². The fraction of sp³-hybridized carbons (Fsp3) is 0.462. The Bertz CT molecular complexity index is 463. The lowest BCUT2D eigenvalue weighted by molar-refractivity contribution is -0.160. The second-order valence-electron chi connectivity index (χ2n) is 4.17. The Kier molecular flexibility index (Phi) is 5.38. The summed E-state index contributed by atoms with van der Waals surface area (Å²) in [4.78, 5) is 11.3. The largest absolute Gasteiger partial charge is 0.464 e. The zero-order valence-electron chi connectivity index (χ0n) is 11.0. The van der Waals surface area contributed by atoms with Crippen LogP contribution in [0.4, 0.5) is 13.2 Å². The van der Waals surface area contributed by atoms with Crippen molar-refractivity contribution in [3.05, 3.63) is 29.8 Å². The number of halogens is 3. The van der Waals surface area contributed by atoms with Crippen LogP contribution in [-0.2, 0) is 15.1 Å². The van der Waals surface area contributed by atoms with Gasteiger partial charge in [0.25, 0.3) is 0 Å². The third-order valence-corrected chi connectivity index (χ3v) is 2.63. The molecule has 0 aliphatic rings. The van der Waals surface area contributed by atoms with Gasteiger partial charge in [-0.3, -0.25) is 0 Å². The molecule has 0 bridgehead atoms. The number of ether oxygens (including phenoxy) is 2. The van der Waals surface area contributed by atoms with E-state index in [4.69, 9.17) is 0 Å². The van der Waals surface area contributed by atoms with Gasteiger partial charge in [-0.1, -0.05) is 12.1 Å². The Hall–Kier alpha value is -1.76. The van der Waals surface area contributed by atoms with Crippen molar-refractivity contribution in [2.24, 2.45) is 0 Å². The van der Waals surface area contributed by atoms with Crippen LogP contribution < -0.4 is 4.74 Å². The average molecular weight is 292 g/mol. The number of carbonyl (C=O) groups excluding carboxylic acids is 1. The summed E-state index contributed by atoms with van der Waals surface area (Å²) in [6, 6.07) is 4.87. The van der Waals surface area contributed by atoms with Gasteiger partial charge in [-0.25, -0.2) is 9.18 Å². The minimum absolute atomic E-state index is 0.0378. The van der Waals surface area contributed by atoms with Crippen LogP contribution in [0.25, 0.3) is 0 Å². The molecule has 0 aromatic heterocycles. The summed E-state index contributed by atoms with van der Waals surface area (Å²) in [7, 11) is 0. The minimum atomic E-state index is -3.04. The molecule has 0 radical (unpaired) electrons. The number of hydrogen-bond acceptors (Lipinski definition) is 4. The number of esters is 1.